The first kappa shape index (κ1) is 39.4. The molecule has 3 aromatic carbocycles. The molecule has 3 aliphatic heterocycles. The number of nitrogens with one attached hydrogen (secondary N) is 2. The quantitative estimate of drug-likeness (QED) is 0.130. The van der Waals surface area contributed by atoms with Gasteiger partial charge >= 0.3 is 6.18 Å². The summed E-state index contributed by atoms with van der Waals surface area (Å²) in [6.45, 7) is 4.22. The average Bonchev–Trinajstić information content (AvgIpc) is 3.17. The summed E-state index contributed by atoms with van der Waals surface area (Å²) >= 11 is 0. The van der Waals surface area contributed by atoms with Crippen LogP contribution in [0.1, 0.15) is 67.6 Å². The van der Waals surface area contributed by atoms with Crippen LogP contribution in [-0.2, 0) is 29.4 Å². The summed E-state index contributed by atoms with van der Waals surface area (Å²) in [6, 6.07) is 10.5. The Balaban J connectivity index is 0.914. The molecule has 4 heterocycles. The van der Waals surface area contributed by atoms with Gasteiger partial charge in [-0.3, -0.25) is 24.6 Å². The molecule has 14 heteroatoms. The molecular weight excluding hydrogens is 733 g/mol. The number of hydrogen-bond acceptors (Lipinski definition) is 7. The number of alkyl halides is 3. The number of pyridine rings is 1. The SMILES string of the molecule is COc1cc(-c2cn(C)c(=O)c3ccc(F)cc23)cc(F)c1CN1CCC(CCN2CCC(c3ccc(NC4CCC(=O)NC4=O)cc3C(F)(F)F)CC2)CC1. The second-order valence-electron chi connectivity index (χ2n) is 15.4. The minimum atomic E-state index is -4.55. The van der Waals surface area contributed by atoms with Crippen molar-refractivity contribution in [1.82, 2.24) is 19.7 Å². The summed E-state index contributed by atoms with van der Waals surface area (Å²) in [5.41, 5.74) is 0.955. The van der Waals surface area contributed by atoms with Gasteiger partial charge in [0.1, 0.15) is 23.4 Å². The van der Waals surface area contributed by atoms with Gasteiger partial charge in [0, 0.05) is 48.4 Å². The summed E-state index contributed by atoms with van der Waals surface area (Å²) in [7, 11) is 3.10. The molecule has 0 radical (unpaired) electrons. The van der Waals surface area contributed by atoms with E-state index in [0.29, 0.717) is 71.6 Å². The second-order valence-corrected chi connectivity index (χ2v) is 15.4. The molecule has 298 valence electrons. The Hall–Kier alpha value is -4.82. The number of aromatic nitrogens is 1. The molecule has 9 nitrogen and oxygen atoms in total. The van der Waals surface area contributed by atoms with Crippen LogP contribution < -0.4 is 20.9 Å². The first-order valence-corrected chi connectivity index (χ1v) is 19.2. The molecule has 3 aliphatic rings. The lowest BCUT2D eigenvalue weighted by atomic mass is 9.85. The molecular formula is C42H46F5N5O4. The standard InChI is InChI=1S/C42H46F5N5O4/c1-50-23-33(32-21-28(43)3-5-31(32)41(50)55)27-19-36(44)34(38(20-27)56-2)24-52-15-10-25(11-16-52)9-14-51-17-12-26(13-18-51)30-6-4-29(22-35(30)42(45,46)47)48-37-7-8-39(53)49-40(37)54/h3-6,19-23,25-26,37,48H,7-18,24H2,1-2H3,(H,49,53,54). The summed E-state index contributed by atoms with van der Waals surface area (Å²) in [4.78, 5) is 40.8. The summed E-state index contributed by atoms with van der Waals surface area (Å²) in [6.07, 6.45) is 1.49. The fraction of sp³-hybridized carbons (Fsp3) is 0.452. The highest BCUT2D eigenvalue weighted by molar-refractivity contribution is 6.01. The van der Waals surface area contributed by atoms with E-state index in [1.807, 2.05) is 0 Å². The van der Waals surface area contributed by atoms with Crippen molar-refractivity contribution in [2.24, 2.45) is 13.0 Å². The van der Waals surface area contributed by atoms with Crippen molar-refractivity contribution in [2.45, 2.75) is 69.6 Å². The molecule has 7 rings (SSSR count). The van der Waals surface area contributed by atoms with Crippen LogP contribution in [0, 0.1) is 17.6 Å². The number of rotatable bonds is 10. The number of likely N-dealkylation sites (tertiary alicyclic amines) is 2. The van der Waals surface area contributed by atoms with E-state index in [4.69, 9.17) is 4.74 Å². The van der Waals surface area contributed by atoms with Gasteiger partial charge in [0.05, 0.1) is 12.7 Å². The molecule has 1 unspecified atom stereocenters. The van der Waals surface area contributed by atoms with E-state index in [2.05, 4.69) is 20.4 Å². The maximum Gasteiger partial charge on any atom is 0.416 e. The third kappa shape index (κ3) is 8.61. The summed E-state index contributed by atoms with van der Waals surface area (Å²) in [5.74, 6) is -1.22. The van der Waals surface area contributed by atoms with Crippen molar-refractivity contribution in [3.05, 3.63) is 93.4 Å². The van der Waals surface area contributed by atoms with Gasteiger partial charge in [0.25, 0.3) is 5.56 Å². The monoisotopic (exact) mass is 779 g/mol. The van der Waals surface area contributed by atoms with Crippen LogP contribution in [0.25, 0.3) is 21.9 Å². The van der Waals surface area contributed by atoms with Gasteiger partial charge in [-0.25, -0.2) is 8.78 Å². The van der Waals surface area contributed by atoms with Crippen molar-refractivity contribution < 1.29 is 36.3 Å². The predicted molar refractivity (Wildman–Crippen MR) is 203 cm³/mol. The van der Waals surface area contributed by atoms with Crippen LogP contribution in [0.4, 0.5) is 27.6 Å². The molecule has 4 aromatic rings. The first-order chi connectivity index (χ1) is 26.8. The number of carbonyl (C=O) groups excluding carboxylic acids is 2. The van der Waals surface area contributed by atoms with Crippen LogP contribution in [0.5, 0.6) is 5.75 Å². The van der Waals surface area contributed by atoms with E-state index in [0.717, 1.165) is 45.0 Å². The normalized spacial score (nSPS) is 19.4. The maximum absolute atomic E-state index is 15.8. The van der Waals surface area contributed by atoms with Crippen LogP contribution in [-0.4, -0.2) is 72.1 Å². The number of hydrogen-bond donors (Lipinski definition) is 2. The van der Waals surface area contributed by atoms with Gasteiger partial charge in [-0.05, 0) is 142 Å². The Morgan fingerprint density at radius 2 is 1.61 bits per heavy atom. The highest BCUT2D eigenvalue weighted by atomic mass is 19.4. The third-order valence-electron chi connectivity index (χ3n) is 11.7. The van der Waals surface area contributed by atoms with E-state index in [1.165, 1.54) is 42.0 Å². The number of halogens is 5. The largest absolute Gasteiger partial charge is 0.496 e. The molecule has 0 bridgehead atoms. The van der Waals surface area contributed by atoms with E-state index in [9.17, 15) is 31.9 Å². The first-order valence-electron chi connectivity index (χ1n) is 19.2. The number of piperidine rings is 3. The van der Waals surface area contributed by atoms with E-state index >= 15 is 4.39 Å². The number of methoxy groups -OCH3 is 1. The Kier molecular flexibility index (Phi) is 11.5. The average molecular weight is 780 g/mol. The molecule has 1 atom stereocenters. The highest BCUT2D eigenvalue weighted by Crippen LogP contribution is 2.41. The van der Waals surface area contributed by atoms with Crippen LogP contribution >= 0.6 is 0 Å². The second kappa shape index (κ2) is 16.3. The maximum atomic E-state index is 15.8. The lowest BCUT2D eigenvalue weighted by molar-refractivity contribution is -0.138. The summed E-state index contributed by atoms with van der Waals surface area (Å²) in [5, 5.41) is 5.83. The number of ether oxygens (including phenoxy) is 1. The molecule has 2 amide bonds. The van der Waals surface area contributed by atoms with Crippen molar-refractivity contribution in [3.8, 4) is 16.9 Å². The fourth-order valence-electron chi connectivity index (χ4n) is 8.54. The molecule has 56 heavy (non-hydrogen) atoms. The van der Waals surface area contributed by atoms with Crippen LogP contribution in [0.3, 0.4) is 0 Å². The van der Waals surface area contributed by atoms with Gasteiger partial charge < -0.3 is 19.5 Å². The zero-order valence-corrected chi connectivity index (χ0v) is 31.5. The van der Waals surface area contributed by atoms with Gasteiger partial charge in [-0.15, -0.1) is 0 Å². The molecule has 0 spiro atoms. The molecule has 1 aromatic heterocycles. The Morgan fingerprint density at radius 1 is 0.875 bits per heavy atom. The Labute approximate surface area is 321 Å². The van der Waals surface area contributed by atoms with Crippen molar-refractivity contribution >= 4 is 28.3 Å². The lowest BCUT2D eigenvalue weighted by Crippen LogP contribution is -2.47. The predicted octanol–water partition coefficient (Wildman–Crippen LogP) is 7.21. The van der Waals surface area contributed by atoms with E-state index in [-0.39, 0.29) is 41.5 Å². The number of carbonyl (C=O) groups is 2. The van der Waals surface area contributed by atoms with Crippen molar-refractivity contribution in [2.75, 3.05) is 45.2 Å². The number of anilines is 1. The van der Waals surface area contributed by atoms with Gasteiger partial charge in [0.15, 0.2) is 0 Å². The topological polar surface area (TPSA) is 95.9 Å². The van der Waals surface area contributed by atoms with Crippen LogP contribution in [0.2, 0.25) is 0 Å². The number of benzene rings is 3. The minimum Gasteiger partial charge on any atom is -0.496 e. The summed E-state index contributed by atoms with van der Waals surface area (Å²) < 4.78 is 79.8. The highest BCUT2D eigenvalue weighted by Gasteiger charge is 2.37. The van der Waals surface area contributed by atoms with E-state index in [1.54, 1.807) is 25.4 Å². The van der Waals surface area contributed by atoms with Crippen LogP contribution in [0.15, 0.2) is 59.5 Å². The fourth-order valence-corrected chi connectivity index (χ4v) is 8.54. The molecule has 0 aliphatic carbocycles. The van der Waals surface area contributed by atoms with Gasteiger partial charge in [-0.1, -0.05) is 6.07 Å². The van der Waals surface area contributed by atoms with Gasteiger partial charge in [0.2, 0.25) is 11.8 Å². The lowest BCUT2D eigenvalue weighted by Gasteiger charge is -2.36. The Morgan fingerprint density at radius 3 is 2.30 bits per heavy atom. The van der Waals surface area contributed by atoms with Crippen molar-refractivity contribution in [1.29, 1.82) is 0 Å². The Bertz CT molecular complexity index is 2170. The molecule has 0 saturated carbocycles. The zero-order chi connectivity index (χ0) is 39.7. The molecule has 3 fully saturated rings. The molecule has 3 saturated heterocycles. The number of amides is 2. The third-order valence-corrected chi connectivity index (χ3v) is 11.7. The van der Waals surface area contributed by atoms with Crippen molar-refractivity contribution in [3.63, 3.8) is 0 Å². The van der Waals surface area contributed by atoms with Gasteiger partial charge in [-0.2, -0.15) is 13.2 Å². The minimum absolute atomic E-state index is 0.129. The molecule has 2 N–H and O–H groups in total. The zero-order valence-electron chi connectivity index (χ0n) is 31.5. The smallest absolute Gasteiger partial charge is 0.416 e. The van der Waals surface area contributed by atoms with E-state index < -0.39 is 35.3 Å². The number of aryl methyl sites for hydroxylation is 1. The number of fused-ring (bicyclic) bond motifs is 1. The number of imide groups is 1. The number of nitrogens with zero attached hydrogens (tertiary/aromatic N) is 3.